The van der Waals surface area contributed by atoms with Crippen molar-refractivity contribution in [3.63, 3.8) is 0 Å². The SMILES string of the molecule is CCCN1C(=O)C(=O)/C(=C(/O)c2ccc(OC)c(Cl)c2)C1c1ccccc1F. The molecular formula is C21H19ClFNO4. The number of benzene rings is 2. The number of ether oxygens (including phenoxy) is 1. The minimum atomic E-state index is -1.01. The highest BCUT2D eigenvalue weighted by molar-refractivity contribution is 6.46. The van der Waals surface area contributed by atoms with Crippen molar-refractivity contribution in [1.29, 1.82) is 0 Å². The van der Waals surface area contributed by atoms with Crippen molar-refractivity contribution in [2.24, 2.45) is 0 Å². The standard InChI is InChI=1S/C21H19ClFNO4/c1-3-10-24-18(13-6-4-5-7-15(13)23)17(20(26)21(24)27)19(25)12-8-9-16(28-2)14(22)11-12/h4-9,11,18,25H,3,10H2,1-2H3/b19-17+. The number of nitrogens with zero attached hydrogens (tertiary/aromatic N) is 1. The molecule has 3 rings (SSSR count). The molecule has 28 heavy (non-hydrogen) atoms. The molecule has 0 aromatic heterocycles. The van der Waals surface area contributed by atoms with E-state index in [-0.39, 0.29) is 28.3 Å². The van der Waals surface area contributed by atoms with Crippen molar-refractivity contribution >= 4 is 29.1 Å². The molecule has 7 heteroatoms. The molecule has 0 spiro atoms. The first-order chi connectivity index (χ1) is 13.4. The van der Waals surface area contributed by atoms with Crippen molar-refractivity contribution in [2.45, 2.75) is 19.4 Å². The van der Waals surface area contributed by atoms with Crippen molar-refractivity contribution < 1.29 is 23.8 Å². The summed E-state index contributed by atoms with van der Waals surface area (Å²) in [6.45, 7) is 2.10. The van der Waals surface area contributed by atoms with Crippen LogP contribution in [0.4, 0.5) is 4.39 Å². The fourth-order valence-corrected chi connectivity index (χ4v) is 3.60. The summed E-state index contributed by atoms with van der Waals surface area (Å²) in [7, 11) is 1.45. The maximum absolute atomic E-state index is 14.5. The van der Waals surface area contributed by atoms with Crippen LogP contribution in [-0.4, -0.2) is 35.4 Å². The second-order valence-corrected chi connectivity index (χ2v) is 6.77. The molecule has 1 amide bonds. The van der Waals surface area contributed by atoms with Gasteiger partial charge in [-0.1, -0.05) is 36.7 Å². The Bertz CT molecular complexity index is 973. The number of rotatable bonds is 5. The van der Waals surface area contributed by atoms with Gasteiger partial charge in [0.05, 0.1) is 23.7 Å². The molecule has 146 valence electrons. The summed E-state index contributed by atoms with van der Waals surface area (Å²) in [4.78, 5) is 26.6. The van der Waals surface area contributed by atoms with Crippen LogP contribution >= 0.6 is 11.6 Å². The monoisotopic (exact) mass is 403 g/mol. The number of halogens is 2. The number of hydrogen-bond acceptors (Lipinski definition) is 4. The number of carbonyl (C=O) groups excluding carboxylic acids is 2. The van der Waals surface area contributed by atoms with Crippen molar-refractivity contribution in [3.8, 4) is 5.75 Å². The zero-order valence-corrected chi connectivity index (χ0v) is 16.2. The van der Waals surface area contributed by atoms with Crippen LogP contribution in [-0.2, 0) is 9.59 Å². The van der Waals surface area contributed by atoms with E-state index in [1.165, 1.54) is 48.4 Å². The lowest BCUT2D eigenvalue weighted by atomic mass is 9.95. The predicted molar refractivity (Wildman–Crippen MR) is 104 cm³/mol. The number of methoxy groups -OCH3 is 1. The van der Waals surface area contributed by atoms with Crippen LogP contribution in [0.3, 0.4) is 0 Å². The third kappa shape index (κ3) is 3.36. The summed E-state index contributed by atoms with van der Waals surface area (Å²) < 4.78 is 19.6. The van der Waals surface area contributed by atoms with Gasteiger partial charge in [0.1, 0.15) is 17.3 Å². The Balaban J connectivity index is 2.21. The molecule has 1 atom stereocenters. The topological polar surface area (TPSA) is 66.8 Å². The van der Waals surface area contributed by atoms with Gasteiger partial charge in [-0.15, -0.1) is 0 Å². The molecule has 0 radical (unpaired) electrons. The van der Waals surface area contributed by atoms with Gasteiger partial charge >= 0.3 is 0 Å². The first-order valence-electron chi connectivity index (χ1n) is 8.77. The second-order valence-electron chi connectivity index (χ2n) is 6.36. The zero-order chi connectivity index (χ0) is 20.4. The molecule has 2 aromatic carbocycles. The van der Waals surface area contributed by atoms with E-state index in [9.17, 15) is 19.1 Å². The summed E-state index contributed by atoms with van der Waals surface area (Å²) in [5.41, 5.74) is 0.225. The highest BCUT2D eigenvalue weighted by Crippen LogP contribution is 2.41. The van der Waals surface area contributed by atoms with Crippen LogP contribution in [0.5, 0.6) is 5.75 Å². The second kappa shape index (κ2) is 8.02. The number of Topliss-reactive ketones (excluding diaryl/α,β-unsaturated/α-hetero) is 1. The van der Waals surface area contributed by atoms with E-state index in [1.807, 2.05) is 6.92 Å². The van der Waals surface area contributed by atoms with Gasteiger partial charge in [-0.25, -0.2) is 4.39 Å². The fourth-order valence-electron chi connectivity index (χ4n) is 3.34. The molecule has 0 aliphatic carbocycles. The lowest BCUT2D eigenvalue weighted by Gasteiger charge is -2.25. The van der Waals surface area contributed by atoms with E-state index < -0.39 is 29.3 Å². The Kier molecular flexibility index (Phi) is 5.70. The third-order valence-corrected chi connectivity index (χ3v) is 4.92. The lowest BCUT2D eigenvalue weighted by molar-refractivity contribution is -0.139. The Morgan fingerprint density at radius 1 is 1.25 bits per heavy atom. The van der Waals surface area contributed by atoms with E-state index in [2.05, 4.69) is 0 Å². The van der Waals surface area contributed by atoms with E-state index in [0.29, 0.717) is 12.2 Å². The van der Waals surface area contributed by atoms with Crippen LogP contribution in [0, 0.1) is 5.82 Å². The highest BCUT2D eigenvalue weighted by Gasteiger charge is 2.46. The van der Waals surface area contributed by atoms with Gasteiger partial charge in [-0.2, -0.15) is 0 Å². The number of ketones is 1. The zero-order valence-electron chi connectivity index (χ0n) is 15.4. The number of hydrogen-bond donors (Lipinski definition) is 1. The van der Waals surface area contributed by atoms with Gasteiger partial charge < -0.3 is 14.7 Å². The molecule has 5 nitrogen and oxygen atoms in total. The lowest BCUT2D eigenvalue weighted by Crippen LogP contribution is -2.30. The van der Waals surface area contributed by atoms with Crippen molar-refractivity contribution in [2.75, 3.05) is 13.7 Å². The maximum Gasteiger partial charge on any atom is 0.295 e. The number of aliphatic hydroxyl groups excluding tert-OH is 1. The predicted octanol–water partition coefficient (Wildman–Crippen LogP) is 4.32. The van der Waals surface area contributed by atoms with Gasteiger partial charge in [0.15, 0.2) is 0 Å². The minimum Gasteiger partial charge on any atom is -0.507 e. The van der Waals surface area contributed by atoms with Gasteiger partial charge in [0, 0.05) is 17.7 Å². The molecule has 1 unspecified atom stereocenters. The normalized spacial score (nSPS) is 18.6. The molecule has 1 fully saturated rings. The Hall–Kier alpha value is -2.86. The summed E-state index contributed by atoms with van der Waals surface area (Å²) in [5.74, 6) is -2.19. The van der Waals surface area contributed by atoms with Crippen LogP contribution in [0.15, 0.2) is 48.0 Å². The first-order valence-corrected chi connectivity index (χ1v) is 9.15. The molecule has 0 bridgehead atoms. The van der Waals surface area contributed by atoms with Crippen LogP contribution in [0.25, 0.3) is 5.76 Å². The highest BCUT2D eigenvalue weighted by atomic mass is 35.5. The molecule has 1 heterocycles. The molecular weight excluding hydrogens is 385 g/mol. The summed E-state index contributed by atoms with van der Waals surface area (Å²) >= 11 is 6.12. The van der Waals surface area contributed by atoms with Crippen LogP contribution in [0.1, 0.15) is 30.5 Å². The smallest absolute Gasteiger partial charge is 0.295 e. The van der Waals surface area contributed by atoms with Gasteiger partial charge in [-0.05, 0) is 30.7 Å². The molecule has 1 aliphatic rings. The molecule has 1 saturated heterocycles. The summed E-state index contributed by atoms with van der Waals surface area (Å²) in [6, 6.07) is 9.38. The van der Waals surface area contributed by atoms with Crippen molar-refractivity contribution in [1.82, 2.24) is 4.90 Å². The number of likely N-dealkylation sites (tertiary alicyclic amines) is 1. The first kappa shape index (κ1) is 19.9. The molecule has 0 saturated carbocycles. The number of aliphatic hydroxyl groups is 1. The van der Waals surface area contributed by atoms with E-state index in [0.717, 1.165) is 0 Å². The number of amides is 1. The Labute approximate surface area is 167 Å². The average Bonchev–Trinajstić information content (AvgIpc) is 2.93. The van der Waals surface area contributed by atoms with Gasteiger partial charge in [-0.3, -0.25) is 9.59 Å². The minimum absolute atomic E-state index is 0.149. The summed E-state index contributed by atoms with van der Waals surface area (Å²) in [5, 5.41) is 11.1. The maximum atomic E-state index is 14.5. The van der Waals surface area contributed by atoms with Gasteiger partial charge in [0.2, 0.25) is 0 Å². The van der Waals surface area contributed by atoms with Crippen LogP contribution in [0.2, 0.25) is 5.02 Å². The quantitative estimate of drug-likeness (QED) is 0.458. The van der Waals surface area contributed by atoms with Gasteiger partial charge in [0.25, 0.3) is 11.7 Å². The summed E-state index contributed by atoms with van der Waals surface area (Å²) in [6.07, 6.45) is 0.576. The van der Waals surface area contributed by atoms with Crippen molar-refractivity contribution in [3.05, 3.63) is 70.0 Å². The average molecular weight is 404 g/mol. The third-order valence-electron chi connectivity index (χ3n) is 4.63. The largest absolute Gasteiger partial charge is 0.507 e. The van der Waals surface area contributed by atoms with E-state index >= 15 is 0 Å². The van der Waals surface area contributed by atoms with E-state index in [4.69, 9.17) is 16.3 Å². The van der Waals surface area contributed by atoms with Crippen LogP contribution < -0.4 is 4.74 Å². The molecule has 1 N–H and O–H groups in total. The number of carbonyl (C=O) groups is 2. The molecule has 1 aliphatic heterocycles. The Morgan fingerprint density at radius 3 is 2.57 bits per heavy atom. The Morgan fingerprint density at radius 2 is 1.96 bits per heavy atom. The molecule has 2 aromatic rings. The fraction of sp³-hybridized carbons (Fsp3) is 0.238. The van der Waals surface area contributed by atoms with E-state index in [1.54, 1.807) is 6.07 Å².